The molecular weight excluding hydrogens is 491 g/mol. The van der Waals surface area contributed by atoms with Crippen LogP contribution in [-0.4, -0.2) is 96.3 Å². The van der Waals surface area contributed by atoms with Gasteiger partial charge in [-0.3, -0.25) is 9.63 Å². The second-order valence-electron chi connectivity index (χ2n) is 10.3. The number of β-amino-alcohol motifs (C(OH)–C–C–N with tert-alkyl or cyclic N) is 1. The Bertz CT molecular complexity index is 974. The minimum Gasteiger partial charge on any atom is -0.391 e. The van der Waals surface area contributed by atoms with Crippen molar-refractivity contribution in [2.75, 3.05) is 51.7 Å². The molecule has 0 aromatic heterocycles. The predicted octanol–water partition coefficient (Wildman–Crippen LogP) is 2.53. The number of nitrogens with one attached hydrogen (secondary N) is 2. The number of hydroxylamine groups is 1. The van der Waals surface area contributed by atoms with Gasteiger partial charge >= 0.3 is 12.2 Å². The molecule has 3 amide bonds. The van der Waals surface area contributed by atoms with Crippen molar-refractivity contribution in [1.29, 1.82) is 0 Å². The average Bonchev–Trinajstić information content (AvgIpc) is 3.64. The normalized spacial score (nSPS) is 24.9. The molecule has 2 saturated heterocycles. The van der Waals surface area contributed by atoms with E-state index in [4.69, 9.17) is 4.84 Å². The third-order valence-corrected chi connectivity index (χ3v) is 7.99. The summed E-state index contributed by atoms with van der Waals surface area (Å²) < 4.78 is 39.0. The Balaban J connectivity index is 1.35. The van der Waals surface area contributed by atoms with Gasteiger partial charge in [0.1, 0.15) is 6.04 Å². The summed E-state index contributed by atoms with van der Waals surface area (Å²) in [4.78, 5) is 36.9. The number of carbonyl (C=O) groups excluding carboxylic acids is 2. The quantitative estimate of drug-likeness (QED) is 0.450. The van der Waals surface area contributed by atoms with Gasteiger partial charge in [-0.15, -0.1) is 0 Å². The molecule has 2 aliphatic heterocycles. The monoisotopic (exact) mass is 527 g/mol. The summed E-state index contributed by atoms with van der Waals surface area (Å²) in [7, 11) is 1.65. The van der Waals surface area contributed by atoms with Gasteiger partial charge in [0.15, 0.2) is 0 Å². The fraction of sp³-hybridized carbons (Fsp3) is 0.680. The lowest BCUT2D eigenvalue weighted by Gasteiger charge is -2.43. The van der Waals surface area contributed by atoms with Crippen molar-refractivity contribution in [1.82, 2.24) is 20.2 Å². The van der Waals surface area contributed by atoms with E-state index in [0.717, 1.165) is 37.9 Å². The van der Waals surface area contributed by atoms with Gasteiger partial charge in [0.05, 0.1) is 24.3 Å². The Kier molecular flexibility index (Phi) is 8.32. The van der Waals surface area contributed by atoms with Crippen LogP contribution in [0.5, 0.6) is 0 Å². The predicted molar refractivity (Wildman–Crippen MR) is 130 cm³/mol. The molecule has 0 radical (unpaired) electrons. The third-order valence-electron chi connectivity index (χ3n) is 7.99. The van der Waals surface area contributed by atoms with Crippen LogP contribution in [0.15, 0.2) is 24.3 Å². The number of carbonyl (C=O) groups is 2. The Labute approximate surface area is 214 Å². The number of piperazine rings is 1. The number of piperidine rings is 1. The number of aliphatic hydroxyl groups is 1. The zero-order valence-electron chi connectivity index (χ0n) is 21.3. The van der Waals surface area contributed by atoms with Gasteiger partial charge in [-0.05, 0) is 62.8 Å². The minimum atomic E-state index is -4.52. The topological polar surface area (TPSA) is 97.4 Å². The maximum atomic E-state index is 13.3. The van der Waals surface area contributed by atoms with Crippen molar-refractivity contribution in [3.63, 3.8) is 0 Å². The number of aliphatic hydroxyl groups excluding tert-OH is 1. The first-order valence-electron chi connectivity index (χ1n) is 12.8. The second-order valence-corrected chi connectivity index (χ2v) is 10.3. The molecule has 1 aliphatic carbocycles. The fourth-order valence-electron chi connectivity index (χ4n) is 5.37. The van der Waals surface area contributed by atoms with Gasteiger partial charge in [0, 0.05) is 38.9 Å². The lowest BCUT2D eigenvalue weighted by atomic mass is 9.90. The lowest BCUT2D eigenvalue weighted by molar-refractivity contribution is -0.144. The first-order valence-corrected chi connectivity index (χ1v) is 12.8. The smallest absolute Gasteiger partial charge is 0.391 e. The van der Waals surface area contributed by atoms with Crippen LogP contribution in [0.1, 0.15) is 38.2 Å². The maximum absolute atomic E-state index is 13.3. The molecule has 3 unspecified atom stereocenters. The van der Waals surface area contributed by atoms with E-state index in [9.17, 15) is 27.9 Å². The number of urea groups is 1. The van der Waals surface area contributed by atoms with Crippen molar-refractivity contribution >= 4 is 17.6 Å². The van der Waals surface area contributed by atoms with E-state index in [2.05, 4.69) is 15.7 Å². The molecule has 9 nitrogen and oxygen atoms in total. The van der Waals surface area contributed by atoms with E-state index in [1.807, 2.05) is 0 Å². The van der Waals surface area contributed by atoms with E-state index in [0.29, 0.717) is 19.5 Å². The number of benzene rings is 1. The SMILES string of the molecule is CNOCC(CCN1CCC2(CC2)C(O)C1)N1CCN(C(=O)Nc2cccc(C(F)(F)F)c2)C(C)C1=O. The molecule has 1 saturated carbocycles. The Morgan fingerprint density at radius 1 is 1.24 bits per heavy atom. The molecule has 1 aromatic rings. The standard InChI is InChI=1S/C25H36F3N5O4/c1-17-22(35)33(13-12-32(17)23(36)30-19-5-3-4-18(14-19)25(26,27)28)20(16-37-29-2)6-10-31-11-9-24(7-8-24)21(34)15-31/h3-5,14,17,20-21,29,34H,6-13,15-16H2,1-2H3,(H,30,36). The average molecular weight is 528 g/mol. The summed E-state index contributed by atoms with van der Waals surface area (Å²) in [6, 6.07) is 2.76. The van der Waals surface area contributed by atoms with Crippen LogP contribution in [0.3, 0.4) is 0 Å². The van der Waals surface area contributed by atoms with Crippen LogP contribution in [0, 0.1) is 5.41 Å². The number of likely N-dealkylation sites (tertiary alicyclic amines) is 1. The molecule has 3 N–H and O–H groups in total. The number of halogens is 3. The molecule has 1 spiro atoms. The largest absolute Gasteiger partial charge is 0.416 e. The molecule has 12 heteroatoms. The molecule has 2 heterocycles. The second kappa shape index (κ2) is 11.1. The zero-order valence-corrected chi connectivity index (χ0v) is 21.3. The van der Waals surface area contributed by atoms with Gasteiger partial charge < -0.3 is 25.1 Å². The number of hydrogen-bond acceptors (Lipinski definition) is 6. The van der Waals surface area contributed by atoms with Gasteiger partial charge in [0.25, 0.3) is 0 Å². The molecule has 206 valence electrons. The van der Waals surface area contributed by atoms with Gasteiger partial charge in [0.2, 0.25) is 5.91 Å². The number of alkyl halides is 3. The number of anilines is 1. The number of nitrogens with zero attached hydrogens (tertiary/aromatic N) is 3. The van der Waals surface area contributed by atoms with E-state index in [-0.39, 0.29) is 48.9 Å². The highest BCUT2D eigenvalue weighted by Crippen LogP contribution is 2.53. The van der Waals surface area contributed by atoms with Crippen molar-refractivity contribution in [2.45, 2.75) is 57.0 Å². The van der Waals surface area contributed by atoms with Crippen LogP contribution in [0.4, 0.5) is 23.7 Å². The first-order chi connectivity index (χ1) is 17.5. The number of hydrogen-bond donors (Lipinski definition) is 3. The Morgan fingerprint density at radius 2 is 2.00 bits per heavy atom. The van der Waals surface area contributed by atoms with E-state index in [1.54, 1.807) is 18.9 Å². The van der Waals surface area contributed by atoms with Crippen molar-refractivity contribution in [2.24, 2.45) is 5.41 Å². The molecule has 3 aliphatic rings. The van der Waals surface area contributed by atoms with Crippen LogP contribution >= 0.6 is 0 Å². The fourth-order valence-corrected chi connectivity index (χ4v) is 5.37. The maximum Gasteiger partial charge on any atom is 0.416 e. The van der Waals surface area contributed by atoms with Gasteiger partial charge in [-0.2, -0.15) is 13.2 Å². The molecule has 3 fully saturated rings. The number of rotatable bonds is 8. The summed E-state index contributed by atoms with van der Waals surface area (Å²) in [6.45, 7) is 4.67. The summed E-state index contributed by atoms with van der Waals surface area (Å²) in [5.74, 6) is -0.245. The number of amides is 3. The summed E-state index contributed by atoms with van der Waals surface area (Å²) in [5.41, 5.74) is 1.93. The van der Waals surface area contributed by atoms with Crippen LogP contribution < -0.4 is 10.8 Å². The molecule has 1 aromatic carbocycles. The highest BCUT2D eigenvalue weighted by Gasteiger charge is 2.51. The van der Waals surface area contributed by atoms with Crippen molar-refractivity contribution in [3.05, 3.63) is 29.8 Å². The molecule has 3 atom stereocenters. The van der Waals surface area contributed by atoms with Crippen molar-refractivity contribution in [3.8, 4) is 0 Å². The summed E-state index contributed by atoms with van der Waals surface area (Å²) in [6.07, 6.45) is -1.01. The van der Waals surface area contributed by atoms with Crippen molar-refractivity contribution < 1.29 is 32.7 Å². The highest BCUT2D eigenvalue weighted by atomic mass is 19.4. The lowest BCUT2D eigenvalue weighted by Crippen LogP contribution is -2.61. The van der Waals surface area contributed by atoms with E-state index >= 15 is 0 Å². The first kappa shape index (κ1) is 27.6. The van der Waals surface area contributed by atoms with E-state index in [1.165, 1.54) is 17.0 Å². The summed E-state index contributed by atoms with van der Waals surface area (Å²) in [5, 5.41) is 13.0. The minimum absolute atomic E-state index is 0.0129. The zero-order chi connectivity index (χ0) is 26.8. The van der Waals surface area contributed by atoms with Gasteiger partial charge in [-0.25, -0.2) is 10.3 Å². The highest BCUT2D eigenvalue weighted by molar-refractivity contribution is 5.94. The van der Waals surface area contributed by atoms with Crippen LogP contribution in [-0.2, 0) is 15.8 Å². The Morgan fingerprint density at radius 3 is 2.65 bits per heavy atom. The van der Waals surface area contributed by atoms with Crippen LogP contribution in [0.25, 0.3) is 0 Å². The molecule has 0 bridgehead atoms. The van der Waals surface area contributed by atoms with Gasteiger partial charge in [-0.1, -0.05) is 6.07 Å². The Hall–Kier alpha value is -2.41. The third kappa shape index (κ3) is 6.36. The molecule has 4 rings (SSSR count). The summed E-state index contributed by atoms with van der Waals surface area (Å²) >= 11 is 0. The molecule has 37 heavy (non-hydrogen) atoms. The van der Waals surface area contributed by atoms with E-state index < -0.39 is 23.8 Å². The molecular formula is C25H36F3N5O4. The van der Waals surface area contributed by atoms with Crippen LogP contribution in [0.2, 0.25) is 0 Å².